The maximum Gasteiger partial charge on any atom is 0.135 e. The second-order valence-corrected chi connectivity index (χ2v) is 8.54. The van der Waals surface area contributed by atoms with Gasteiger partial charge < -0.3 is 20.0 Å². The number of pyridine rings is 2. The minimum Gasteiger partial charge on any atom is -0.374 e. The summed E-state index contributed by atoms with van der Waals surface area (Å²) in [5.74, 6) is 0. The zero-order valence-electron chi connectivity index (χ0n) is 19.3. The van der Waals surface area contributed by atoms with Gasteiger partial charge in [0.2, 0.25) is 0 Å². The number of H-pyrrole nitrogens is 2. The highest BCUT2D eigenvalue weighted by Gasteiger charge is 2.16. The molecule has 0 aliphatic carbocycles. The minimum absolute atomic E-state index is 0.597. The van der Waals surface area contributed by atoms with Gasteiger partial charge in [-0.2, -0.15) is 5.10 Å². The van der Waals surface area contributed by atoms with E-state index in [9.17, 15) is 5.11 Å². The van der Waals surface area contributed by atoms with Gasteiger partial charge in [0.05, 0.1) is 46.5 Å². The average molecular weight is 465 g/mol. The van der Waals surface area contributed by atoms with E-state index in [2.05, 4.69) is 48.7 Å². The Morgan fingerprint density at radius 1 is 1.11 bits per heavy atom. The molecule has 0 aliphatic heterocycles. The van der Waals surface area contributed by atoms with Gasteiger partial charge >= 0.3 is 0 Å². The van der Waals surface area contributed by atoms with Crippen LogP contribution in [0.25, 0.3) is 50.3 Å². The summed E-state index contributed by atoms with van der Waals surface area (Å²) < 4.78 is 2.03. The first kappa shape index (κ1) is 21.1. The van der Waals surface area contributed by atoms with E-state index in [1.807, 2.05) is 55.2 Å². The van der Waals surface area contributed by atoms with Gasteiger partial charge in [-0.1, -0.05) is 13.0 Å². The monoisotopic (exact) mass is 464 g/mol. The summed E-state index contributed by atoms with van der Waals surface area (Å²) in [6, 6.07) is 14.1. The standard InChI is InChI=1S/C26H24N8O/c1-3-24(35)29-17-9-16(11-27-12-17)19-7-8-21-25(31-19)26(33-32-21)22-10-18-20(30-22)5-4-6-23(18)34-13-15(2)28-14-34/h4-14,24,29-30,35H,3H2,1-2H3,(H,32,33). The third-order valence-electron chi connectivity index (χ3n) is 6.05. The van der Waals surface area contributed by atoms with Crippen molar-refractivity contribution in [3.8, 4) is 28.3 Å². The Labute approximate surface area is 200 Å². The van der Waals surface area contributed by atoms with Crippen molar-refractivity contribution in [1.29, 1.82) is 0 Å². The molecule has 174 valence electrons. The molecule has 9 heteroatoms. The molecular weight excluding hydrogens is 440 g/mol. The number of aromatic nitrogens is 7. The van der Waals surface area contributed by atoms with Gasteiger partial charge in [-0.05, 0) is 49.7 Å². The van der Waals surface area contributed by atoms with Crippen LogP contribution in [0.15, 0.2) is 67.4 Å². The van der Waals surface area contributed by atoms with Crippen molar-refractivity contribution in [2.45, 2.75) is 26.5 Å². The highest BCUT2D eigenvalue weighted by molar-refractivity contribution is 5.97. The number of aromatic amines is 2. The van der Waals surface area contributed by atoms with E-state index in [1.54, 1.807) is 12.4 Å². The first-order valence-electron chi connectivity index (χ1n) is 11.5. The molecule has 1 aromatic carbocycles. The predicted octanol–water partition coefficient (Wildman–Crippen LogP) is 4.80. The van der Waals surface area contributed by atoms with Crippen molar-refractivity contribution in [3.63, 3.8) is 0 Å². The number of fused-ring (bicyclic) bond motifs is 2. The summed E-state index contributed by atoms with van der Waals surface area (Å²) in [5, 5.41) is 21.7. The number of nitrogens with one attached hydrogen (secondary N) is 3. The second kappa shape index (κ2) is 8.37. The summed E-state index contributed by atoms with van der Waals surface area (Å²) in [6.07, 6.45) is 7.26. The van der Waals surface area contributed by atoms with Gasteiger partial charge in [0.15, 0.2) is 0 Å². The zero-order valence-corrected chi connectivity index (χ0v) is 19.3. The molecule has 0 bridgehead atoms. The van der Waals surface area contributed by atoms with Crippen molar-refractivity contribution in [3.05, 3.63) is 73.1 Å². The van der Waals surface area contributed by atoms with E-state index >= 15 is 0 Å². The second-order valence-electron chi connectivity index (χ2n) is 8.54. The molecule has 9 nitrogen and oxygen atoms in total. The van der Waals surface area contributed by atoms with Crippen LogP contribution in [-0.4, -0.2) is 46.0 Å². The van der Waals surface area contributed by atoms with Crippen molar-refractivity contribution >= 4 is 27.6 Å². The molecule has 5 heterocycles. The number of aliphatic hydroxyl groups is 1. The maximum atomic E-state index is 9.93. The molecule has 6 rings (SSSR count). The first-order valence-corrected chi connectivity index (χ1v) is 11.5. The van der Waals surface area contributed by atoms with Gasteiger partial charge in [-0.3, -0.25) is 10.1 Å². The molecule has 0 saturated carbocycles. The van der Waals surface area contributed by atoms with Crippen LogP contribution in [0.1, 0.15) is 19.0 Å². The highest BCUT2D eigenvalue weighted by Crippen LogP contribution is 2.32. The highest BCUT2D eigenvalue weighted by atomic mass is 16.3. The number of aliphatic hydroxyl groups excluding tert-OH is 1. The fourth-order valence-corrected chi connectivity index (χ4v) is 4.25. The Balaban J connectivity index is 1.42. The Kier molecular flexibility index (Phi) is 5.04. The van der Waals surface area contributed by atoms with Crippen LogP contribution >= 0.6 is 0 Å². The largest absolute Gasteiger partial charge is 0.374 e. The Morgan fingerprint density at radius 3 is 2.86 bits per heavy atom. The quantitative estimate of drug-likeness (QED) is 0.263. The lowest BCUT2D eigenvalue weighted by molar-refractivity contribution is 0.199. The molecular formula is C26H24N8O. The fourth-order valence-electron chi connectivity index (χ4n) is 4.25. The minimum atomic E-state index is -0.624. The van der Waals surface area contributed by atoms with E-state index in [4.69, 9.17) is 4.98 Å². The average Bonchev–Trinajstić information content (AvgIpc) is 3.61. The molecule has 6 aromatic rings. The molecule has 1 atom stereocenters. The van der Waals surface area contributed by atoms with Gasteiger partial charge in [-0.15, -0.1) is 0 Å². The van der Waals surface area contributed by atoms with E-state index in [-0.39, 0.29) is 0 Å². The van der Waals surface area contributed by atoms with Gasteiger partial charge in [-0.25, -0.2) is 9.97 Å². The predicted molar refractivity (Wildman–Crippen MR) is 136 cm³/mol. The third-order valence-corrected chi connectivity index (χ3v) is 6.05. The van der Waals surface area contributed by atoms with Gasteiger partial charge in [0.25, 0.3) is 0 Å². The molecule has 0 spiro atoms. The van der Waals surface area contributed by atoms with E-state index in [1.165, 1.54) is 0 Å². The lowest BCUT2D eigenvalue weighted by Crippen LogP contribution is -2.16. The van der Waals surface area contributed by atoms with Crippen LogP contribution in [0.2, 0.25) is 0 Å². The summed E-state index contributed by atoms with van der Waals surface area (Å²) in [5.41, 5.74) is 8.61. The molecule has 0 saturated heterocycles. The van der Waals surface area contributed by atoms with Gasteiger partial charge in [0, 0.05) is 28.9 Å². The molecule has 0 fully saturated rings. The summed E-state index contributed by atoms with van der Waals surface area (Å²) in [7, 11) is 0. The van der Waals surface area contributed by atoms with Crippen LogP contribution in [0, 0.1) is 6.92 Å². The van der Waals surface area contributed by atoms with Crippen LogP contribution < -0.4 is 5.32 Å². The van der Waals surface area contributed by atoms with E-state index in [0.29, 0.717) is 6.42 Å². The lowest BCUT2D eigenvalue weighted by Gasteiger charge is -2.12. The number of hydrogen-bond acceptors (Lipinski definition) is 6. The van der Waals surface area contributed by atoms with Crippen molar-refractivity contribution < 1.29 is 5.11 Å². The van der Waals surface area contributed by atoms with Crippen LogP contribution in [0.5, 0.6) is 0 Å². The number of nitrogens with zero attached hydrogens (tertiary/aromatic N) is 5. The number of benzene rings is 1. The zero-order chi connectivity index (χ0) is 23.9. The Bertz CT molecular complexity index is 1660. The normalized spacial score (nSPS) is 12.4. The molecule has 5 aromatic heterocycles. The molecule has 0 aliphatic rings. The lowest BCUT2D eigenvalue weighted by atomic mass is 10.1. The smallest absolute Gasteiger partial charge is 0.135 e. The fraction of sp³-hybridized carbons (Fsp3) is 0.154. The molecule has 1 unspecified atom stereocenters. The van der Waals surface area contributed by atoms with Crippen molar-refractivity contribution in [2.75, 3.05) is 5.32 Å². The van der Waals surface area contributed by atoms with E-state index in [0.717, 1.165) is 61.7 Å². The molecule has 4 N–H and O–H groups in total. The molecule has 0 amide bonds. The van der Waals surface area contributed by atoms with Crippen molar-refractivity contribution in [1.82, 2.24) is 34.7 Å². The summed E-state index contributed by atoms with van der Waals surface area (Å²) in [6.45, 7) is 3.89. The third kappa shape index (κ3) is 3.81. The van der Waals surface area contributed by atoms with Crippen LogP contribution in [0.3, 0.4) is 0 Å². The molecule has 35 heavy (non-hydrogen) atoms. The van der Waals surface area contributed by atoms with Crippen LogP contribution in [-0.2, 0) is 0 Å². The Morgan fingerprint density at radius 2 is 2.03 bits per heavy atom. The van der Waals surface area contributed by atoms with E-state index < -0.39 is 6.23 Å². The Hall–Kier alpha value is -4.50. The SMILES string of the molecule is CCC(O)Nc1cncc(-c2ccc3[nH]nc(-c4cc5c(-n6cnc(C)c6)cccc5[nH]4)c3n2)c1. The molecule has 0 radical (unpaired) electrons. The number of rotatable bonds is 6. The summed E-state index contributed by atoms with van der Waals surface area (Å²) >= 11 is 0. The van der Waals surface area contributed by atoms with Crippen molar-refractivity contribution in [2.24, 2.45) is 0 Å². The topological polar surface area (TPSA) is 120 Å². The first-order chi connectivity index (χ1) is 17.1. The number of imidazole rings is 1. The number of aryl methyl sites for hydroxylation is 1. The van der Waals surface area contributed by atoms with Crippen LogP contribution in [0.4, 0.5) is 5.69 Å². The van der Waals surface area contributed by atoms with Gasteiger partial charge in [0.1, 0.15) is 17.4 Å². The summed E-state index contributed by atoms with van der Waals surface area (Å²) in [4.78, 5) is 17.1. The number of hydrogen-bond donors (Lipinski definition) is 4. The maximum absolute atomic E-state index is 9.93. The number of anilines is 1.